The van der Waals surface area contributed by atoms with Crippen molar-refractivity contribution in [3.8, 4) is 17.0 Å². The van der Waals surface area contributed by atoms with Crippen LogP contribution in [-0.4, -0.2) is 45.9 Å². The van der Waals surface area contributed by atoms with Gasteiger partial charge in [0.1, 0.15) is 12.4 Å². The Morgan fingerprint density at radius 3 is 2.97 bits per heavy atom. The molecular weight excluding hydrogens is 392 g/mol. The minimum absolute atomic E-state index is 0.364. The SMILES string of the molecule is COc1ccc(Nc2nn3cc(-c4cccnc4)nc3s2)cc1N1CCOC1=O. The van der Waals surface area contributed by atoms with Gasteiger partial charge in [-0.25, -0.2) is 14.3 Å². The molecule has 0 aliphatic carbocycles. The fraction of sp³-hybridized carbons (Fsp3) is 0.158. The van der Waals surface area contributed by atoms with E-state index in [0.717, 1.165) is 21.9 Å². The zero-order valence-electron chi connectivity index (χ0n) is 15.4. The van der Waals surface area contributed by atoms with E-state index in [9.17, 15) is 4.79 Å². The number of imidazole rings is 1. The average Bonchev–Trinajstić information content (AvgIpc) is 3.43. The van der Waals surface area contributed by atoms with Gasteiger partial charge in [0.15, 0.2) is 0 Å². The molecule has 9 nitrogen and oxygen atoms in total. The van der Waals surface area contributed by atoms with E-state index >= 15 is 0 Å². The molecule has 0 spiro atoms. The third-order valence-electron chi connectivity index (χ3n) is 4.48. The van der Waals surface area contributed by atoms with Crippen molar-refractivity contribution in [1.82, 2.24) is 19.6 Å². The van der Waals surface area contributed by atoms with E-state index in [-0.39, 0.29) is 6.09 Å². The summed E-state index contributed by atoms with van der Waals surface area (Å²) in [6.07, 6.45) is 4.99. The first kappa shape index (κ1) is 17.4. The molecule has 1 aromatic carbocycles. The van der Waals surface area contributed by atoms with Crippen LogP contribution >= 0.6 is 11.3 Å². The lowest BCUT2D eigenvalue weighted by Gasteiger charge is -2.17. The maximum atomic E-state index is 11.9. The lowest BCUT2D eigenvalue weighted by Crippen LogP contribution is -2.23. The van der Waals surface area contributed by atoms with E-state index < -0.39 is 0 Å². The summed E-state index contributed by atoms with van der Waals surface area (Å²) in [7, 11) is 1.57. The molecule has 1 aliphatic heterocycles. The number of hydrogen-bond donors (Lipinski definition) is 1. The summed E-state index contributed by atoms with van der Waals surface area (Å²) >= 11 is 1.43. The molecule has 0 saturated carbocycles. The first-order chi connectivity index (χ1) is 14.2. The predicted molar refractivity (Wildman–Crippen MR) is 109 cm³/mol. The number of nitrogens with zero attached hydrogens (tertiary/aromatic N) is 5. The van der Waals surface area contributed by atoms with E-state index in [1.165, 1.54) is 11.3 Å². The number of hydrogen-bond acceptors (Lipinski definition) is 8. The Balaban J connectivity index is 1.42. The van der Waals surface area contributed by atoms with Gasteiger partial charge in [-0.1, -0.05) is 11.3 Å². The van der Waals surface area contributed by atoms with Crippen LogP contribution in [0, 0.1) is 0 Å². The molecule has 4 heterocycles. The smallest absolute Gasteiger partial charge is 0.414 e. The number of methoxy groups -OCH3 is 1. The lowest BCUT2D eigenvalue weighted by atomic mass is 10.2. The van der Waals surface area contributed by atoms with Crippen molar-refractivity contribution >= 4 is 38.9 Å². The summed E-state index contributed by atoms with van der Waals surface area (Å²) in [5, 5.41) is 8.50. The van der Waals surface area contributed by atoms with Crippen LogP contribution in [0.15, 0.2) is 48.9 Å². The van der Waals surface area contributed by atoms with Gasteiger partial charge in [-0.2, -0.15) is 0 Å². The number of rotatable bonds is 5. The molecular formula is C19H16N6O3S. The van der Waals surface area contributed by atoms with Crippen LogP contribution in [0.3, 0.4) is 0 Å². The largest absolute Gasteiger partial charge is 0.495 e. The first-order valence-corrected chi connectivity index (χ1v) is 9.69. The second kappa shape index (κ2) is 7.06. The number of cyclic esters (lactones) is 1. The van der Waals surface area contributed by atoms with Crippen LogP contribution in [0.4, 0.5) is 21.3 Å². The van der Waals surface area contributed by atoms with Crippen LogP contribution in [-0.2, 0) is 4.74 Å². The molecule has 0 radical (unpaired) electrons. The molecule has 0 unspecified atom stereocenters. The van der Waals surface area contributed by atoms with Crippen molar-refractivity contribution in [2.45, 2.75) is 0 Å². The van der Waals surface area contributed by atoms with Gasteiger partial charge in [-0.05, 0) is 30.3 Å². The molecule has 10 heteroatoms. The monoisotopic (exact) mass is 408 g/mol. The minimum atomic E-state index is -0.379. The van der Waals surface area contributed by atoms with Crippen molar-refractivity contribution in [1.29, 1.82) is 0 Å². The normalized spacial score (nSPS) is 13.7. The summed E-state index contributed by atoms with van der Waals surface area (Å²) in [5.41, 5.74) is 3.20. The summed E-state index contributed by atoms with van der Waals surface area (Å²) < 4.78 is 12.2. The highest BCUT2D eigenvalue weighted by Crippen LogP contribution is 2.35. The third kappa shape index (κ3) is 3.23. The van der Waals surface area contributed by atoms with Crippen LogP contribution in [0.1, 0.15) is 0 Å². The number of benzene rings is 1. The quantitative estimate of drug-likeness (QED) is 0.540. The highest BCUT2D eigenvalue weighted by molar-refractivity contribution is 7.20. The van der Waals surface area contributed by atoms with E-state index in [2.05, 4.69) is 20.4 Å². The molecule has 1 saturated heterocycles. The van der Waals surface area contributed by atoms with Crippen molar-refractivity contribution in [2.24, 2.45) is 0 Å². The summed E-state index contributed by atoms with van der Waals surface area (Å²) in [5.74, 6) is 0.601. The number of amides is 1. The van der Waals surface area contributed by atoms with Crippen LogP contribution in [0.2, 0.25) is 0 Å². The van der Waals surface area contributed by atoms with Crippen molar-refractivity contribution < 1.29 is 14.3 Å². The van der Waals surface area contributed by atoms with E-state index in [0.29, 0.717) is 29.7 Å². The van der Waals surface area contributed by atoms with E-state index in [4.69, 9.17) is 9.47 Å². The number of carbonyl (C=O) groups excluding carboxylic acids is 1. The van der Waals surface area contributed by atoms with E-state index in [1.807, 2.05) is 36.5 Å². The average molecular weight is 408 g/mol. The fourth-order valence-electron chi connectivity index (χ4n) is 3.12. The third-order valence-corrected chi connectivity index (χ3v) is 5.32. The predicted octanol–water partition coefficient (Wildman–Crippen LogP) is 3.56. The molecule has 5 rings (SSSR count). The minimum Gasteiger partial charge on any atom is -0.495 e. The topological polar surface area (TPSA) is 93.9 Å². The van der Waals surface area contributed by atoms with Crippen LogP contribution < -0.4 is 15.0 Å². The van der Waals surface area contributed by atoms with Gasteiger partial charge in [0.05, 0.1) is 31.2 Å². The zero-order chi connectivity index (χ0) is 19.8. The molecule has 4 aromatic rings. The Kier molecular flexibility index (Phi) is 4.24. The molecule has 0 bridgehead atoms. The molecule has 1 aliphatic rings. The number of carbonyl (C=O) groups is 1. The molecule has 1 fully saturated rings. The molecule has 3 aromatic heterocycles. The number of ether oxygens (including phenoxy) is 2. The summed E-state index contributed by atoms with van der Waals surface area (Å²) in [4.78, 5) is 23.0. The number of pyridine rings is 1. The molecule has 146 valence electrons. The molecule has 0 atom stereocenters. The highest BCUT2D eigenvalue weighted by Gasteiger charge is 2.26. The Morgan fingerprint density at radius 1 is 1.31 bits per heavy atom. The Labute approximate surface area is 169 Å². The second-order valence-corrected chi connectivity index (χ2v) is 7.24. The number of fused-ring (bicyclic) bond motifs is 1. The second-order valence-electron chi connectivity index (χ2n) is 6.28. The number of nitrogens with one attached hydrogen (secondary N) is 1. The van der Waals surface area contributed by atoms with Gasteiger partial charge in [-0.3, -0.25) is 9.88 Å². The van der Waals surface area contributed by atoms with Gasteiger partial charge in [0.25, 0.3) is 0 Å². The standard InChI is InChI=1S/C19H16N6O3S/c1-27-16-5-4-13(9-15(16)24-7-8-28-19(24)26)21-17-23-25-11-14(22-18(25)29-17)12-3-2-6-20-10-12/h2-6,9-11H,7-8H2,1H3,(H,21,23). The van der Waals surface area contributed by atoms with E-state index in [1.54, 1.807) is 28.9 Å². The first-order valence-electron chi connectivity index (χ1n) is 8.87. The van der Waals surface area contributed by atoms with Crippen LogP contribution in [0.5, 0.6) is 5.75 Å². The van der Waals surface area contributed by atoms with Gasteiger partial charge in [0, 0.05) is 23.6 Å². The lowest BCUT2D eigenvalue weighted by molar-refractivity contribution is 0.181. The highest BCUT2D eigenvalue weighted by atomic mass is 32.1. The Morgan fingerprint density at radius 2 is 2.24 bits per heavy atom. The van der Waals surface area contributed by atoms with Crippen molar-refractivity contribution in [3.63, 3.8) is 0 Å². The Hall–Kier alpha value is -3.66. The zero-order valence-corrected chi connectivity index (χ0v) is 16.2. The fourth-order valence-corrected chi connectivity index (χ4v) is 3.92. The Bertz CT molecular complexity index is 1160. The van der Waals surface area contributed by atoms with Gasteiger partial charge in [-0.15, -0.1) is 5.10 Å². The van der Waals surface area contributed by atoms with Gasteiger partial charge < -0.3 is 14.8 Å². The number of anilines is 3. The summed E-state index contributed by atoms with van der Waals surface area (Å²) in [6.45, 7) is 0.851. The maximum Gasteiger partial charge on any atom is 0.414 e. The van der Waals surface area contributed by atoms with Crippen molar-refractivity contribution in [2.75, 3.05) is 30.5 Å². The molecule has 1 amide bonds. The van der Waals surface area contributed by atoms with Gasteiger partial charge >= 0.3 is 6.09 Å². The number of aromatic nitrogens is 4. The summed E-state index contributed by atoms with van der Waals surface area (Å²) in [6, 6.07) is 9.36. The van der Waals surface area contributed by atoms with Gasteiger partial charge in [0.2, 0.25) is 10.1 Å². The molecule has 1 N–H and O–H groups in total. The van der Waals surface area contributed by atoms with Crippen LogP contribution in [0.25, 0.3) is 16.2 Å². The maximum absolute atomic E-state index is 11.9. The molecule has 29 heavy (non-hydrogen) atoms. The van der Waals surface area contributed by atoms with Crippen molar-refractivity contribution in [3.05, 3.63) is 48.9 Å².